The first-order chi connectivity index (χ1) is 8.99. The second-order valence-electron chi connectivity index (χ2n) is 4.88. The van der Waals surface area contributed by atoms with Crippen LogP contribution in [0.15, 0.2) is 12.1 Å². The van der Waals surface area contributed by atoms with Gasteiger partial charge in [-0.1, -0.05) is 24.9 Å². The van der Waals surface area contributed by atoms with Gasteiger partial charge in [0.1, 0.15) is 5.75 Å². The summed E-state index contributed by atoms with van der Waals surface area (Å²) in [5.74, 6) is 0.777. The number of halogens is 1. The highest BCUT2D eigenvalue weighted by atomic mass is 35.5. The number of hydrogen-bond acceptors (Lipinski definition) is 3. The predicted octanol–water partition coefficient (Wildman–Crippen LogP) is 3.11. The average Bonchev–Trinajstić information content (AvgIpc) is 2.39. The molecule has 1 aromatic rings. The zero-order chi connectivity index (χ0) is 14.4. The molecule has 1 aromatic carbocycles. The number of hydrogen-bond donors (Lipinski definition) is 2. The number of aryl methyl sites for hydroxylation is 2. The van der Waals surface area contributed by atoms with Crippen LogP contribution in [0.3, 0.4) is 0 Å². The molecule has 0 radical (unpaired) electrons. The Bertz CT molecular complexity index is 407. The molecule has 2 N–H and O–H groups in total. The van der Waals surface area contributed by atoms with Crippen LogP contribution in [0.25, 0.3) is 0 Å². The van der Waals surface area contributed by atoms with E-state index in [0.29, 0.717) is 24.3 Å². The molecule has 0 aliphatic rings. The van der Waals surface area contributed by atoms with Crippen LogP contribution in [0, 0.1) is 6.92 Å². The van der Waals surface area contributed by atoms with Gasteiger partial charge in [0, 0.05) is 5.02 Å². The Morgan fingerprint density at radius 2 is 1.84 bits per heavy atom. The van der Waals surface area contributed by atoms with E-state index in [1.54, 1.807) is 7.11 Å². The lowest BCUT2D eigenvalue weighted by molar-refractivity contribution is 0.00974. The number of methoxy groups -OCH3 is 1. The first-order valence-corrected chi connectivity index (χ1v) is 7.06. The van der Waals surface area contributed by atoms with Crippen molar-refractivity contribution in [3.63, 3.8) is 0 Å². The summed E-state index contributed by atoms with van der Waals surface area (Å²) in [5, 5.41) is 20.3. The minimum absolute atomic E-state index is 0.497. The van der Waals surface area contributed by atoms with Crippen LogP contribution in [-0.2, 0) is 6.42 Å². The molecule has 4 heteroatoms. The van der Waals surface area contributed by atoms with Crippen molar-refractivity contribution in [3.8, 4) is 5.75 Å². The maximum Gasteiger partial charge on any atom is 0.122 e. The third-order valence-electron chi connectivity index (χ3n) is 3.30. The third kappa shape index (κ3) is 4.68. The van der Waals surface area contributed by atoms with E-state index in [9.17, 15) is 10.2 Å². The van der Waals surface area contributed by atoms with Gasteiger partial charge in [0.05, 0.1) is 19.3 Å². The maximum absolute atomic E-state index is 9.87. The molecule has 0 aliphatic heterocycles. The molecular formula is C15H23ClO3. The number of benzene rings is 1. The largest absolute Gasteiger partial charge is 0.496 e. The molecule has 0 saturated heterocycles. The molecule has 0 spiro atoms. The van der Waals surface area contributed by atoms with Gasteiger partial charge in [0.25, 0.3) is 0 Å². The van der Waals surface area contributed by atoms with Crippen LogP contribution in [0.4, 0.5) is 0 Å². The predicted molar refractivity (Wildman–Crippen MR) is 78.0 cm³/mol. The SMILES string of the molecule is CCCC(O)C(O)CCc1cc(Cl)c(C)cc1OC. The Kier molecular flexibility index (Phi) is 6.63. The van der Waals surface area contributed by atoms with Crippen LogP contribution in [0.1, 0.15) is 37.3 Å². The normalized spacial score (nSPS) is 14.2. The van der Waals surface area contributed by atoms with Crippen molar-refractivity contribution < 1.29 is 14.9 Å². The topological polar surface area (TPSA) is 49.7 Å². The standard InChI is InChI=1S/C15H23ClO3/c1-4-5-13(17)14(18)7-6-11-9-12(16)10(2)8-15(11)19-3/h8-9,13-14,17-18H,4-7H2,1-3H3. The zero-order valence-corrected chi connectivity index (χ0v) is 12.6. The summed E-state index contributed by atoms with van der Waals surface area (Å²) in [7, 11) is 1.62. The Hall–Kier alpha value is -0.770. The van der Waals surface area contributed by atoms with Gasteiger partial charge in [-0.3, -0.25) is 0 Å². The number of rotatable bonds is 7. The molecule has 19 heavy (non-hydrogen) atoms. The van der Waals surface area contributed by atoms with Crippen LogP contribution in [-0.4, -0.2) is 29.5 Å². The van der Waals surface area contributed by atoms with E-state index in [0.717, 1.165) is 23.3 Å². The second kappa shape index (κ2) is 7.73. The molecule has 2 atom stereocenters. The fourth-order valence-electron chi connectivity index (χ4n) is 2.07. The van der Waals surface area contributed by atoms with E-state index in [2.05, 4.69) is 0 Å². The summed E-state index contributed by atoms with van der Waals surface area (Å²) < 4.78 is 5.32. The third-order valence-corrected chi connectivity index (χ3v) is 3.71. The second-order valence-corrected chi connectivity index (χ2v) is 5.28. The van der Waals surface area contributed by atoms with Crippen molar-refractivity contribution >= 4 is 11.6 Å². The van der Waals surface area contributed by atoms with E-state index < -0.39 is 12.2 Å². The van der Waals surface area contributed by atoms with Crippen molar-refractivity contribution in [2.24, 2.45) is 0 Å². The van der Waals surface area contributed by atoms with Crippen LogP contribution < -0.4 is 4.74 Å². The molecule has 0 heterocycles. The fourth-order valence-corrected chi connectivity index (χ4v) is 2.25. The zero-order valence-electron chi connectivity index (χ0n) is 11.8. The fraction of sp³-hybridized carbons (Fsp3) is 0.600. The van der Waals surface area contributed by atoms with Gasteiger partial charge in [-0.05, 0) is 49.4 Å². The van der Waals surface area contributed by atoms with Gasteiger partial charge in [0.2, 0.25) is 0 Å². The lowest BCUT2D eigenvalue weighted by atomic mass is 9.99. The van der Waals surface area contributed by atoms with Crippen molar-refractivity contribution in [3.05, 3.63) is 28.3 Å². The quantitative estimate of drug-likeness (QED) is 0.810. The van der Waals surface area contributed by atoms with Crippen molar-refractivity contribution in [2.75, 3.05) is 7.11 Å². The molecule has 0 aromatic heterocycles. The number of aliphatic hydroxyl groups is 2. The highest BCUT2D eigenvalue weighted by Gasteiger charge is 2.16. The Labute approximate surface area is 120 Å². The van der Waals surface area contributed by atoms with Crippen molar-refractivity contribution in [2.45, 2.75) is 51.7 Å². The summed E-state index contributed by atoms with van der Waals surface area (Å²) in [6.45, 7) is 3.91. The summed E-state index contributed by atoms with van der Waals surface area (Å²) in [6.07, 6.45) is 1.24. The number of aliphatic hydroxyl groups excluding tert-OH is 2. The van der Waals surface area contributed by atoms with Crippen molar-refractivity contribution in [1.82, 2.24) is 0 Å². The highest BCUT2D eigenvalue weighted by Crippen LogP contribution is 2.28. The van der Waals surface area contributed by atoms with E-state index in [-0.39, 0.29) is 0 Å². The van der Waals surface area contributed by atoms with E-state index in [4.69, 9.17) is 16.3 Å². The van der Waals surface area contributed by atoms with Gasteiger partial charge < -0.3 is 14.9 Å². The van der Waals surface area contributed by atoms with E-state index in [1.165, 1.54) is 0 Å². The molecular weight excluding hydrogens is 264 g/mol. The summed E-state index contributed by atoms with van der Waals surface area (Å²) in [4.78, 5) is 0. The Morgan fingerprint density at radius 3 is 2.42 bits per heavy atom. The summed E-state index contributed by atoms with van der Waals surface area (Å²) >= 11 is 6.10. The van der Waals surface area contributed by atoms with E-state index >= 15 is 0 Å². The molecule has 3 nitrogen and oxygen atoms in total. The molecule has 2 unspecified atom stereocenters. The molecule has 0 bridgehead atoms. The minimum atomic E-state index is -0.704. The highest BCUT2D eigenvalue weighted by molar-refractivity contribution is 6.31. The smallest absolute Gasteiger partial charge is 0.122 e. The molecule has 0 fully saturated rings. The molecule has 0 saturated carbocycles. The van der Waals surface area contributed by atoms with Gasteiger partial charge in [-0.15, -0.1) is 0 Å². The number of ether oxygens (including phenoxy) is 1. The van der Waals surface area contributed by atoms with E-state index in [1.807, 2.05) is 26.0 Å². The first-order valence-electron chi connectivity index (χ1n) is 6.68. The minimum Gasteiger partial charge on any atom is -0.496 e. The lowest BCUT2D eigenvalue weighted by Gasteiger charge is -2.18. The van der Waals surface area contributed by atoms with Gasteiger partial charge in [0.15, 0.2) is 0 Å². The van der Waals surface area contributed by atoms with Crippen LogP contribution in [0.2, 0.25) is 5.02 Å². The molecule has 0 aliphatic carbocycles. The van der Waals surface area contributed by atoms with Gasteiger partial charge in [-0.25, -0.2) is 0 Å². The van der Waals surface area contributed by atoms with Crippen molar-refractivity contribution in [1.29, 1.82) is 0 Å². The lowest BCUT2D eigenvalue weighted by Crippen LogP contribution is -2.26. The van der Waals surface area contributed by atoms with Gasteiger partial charge >= 0.3 is 0 Å². The first kappa shape index (κ1) is 16.3. The van der Waals surface area contributed by atoms with Crippen LogP contribution in [0.5, 0.6) is 5.75 Å². The average molecular weight is 287 g/mol. The molecule has 1 rings (SSSR count). The molecule has 108 valence electrons. The summed E-state index contributed by atoms with van der Waals surface area (Å²) in [6, 6.07) is 3.77. The Balaban J connectivity index is 2.69. The summed E-state index contributed by atoms with van der Waals surface area (Å²) in [5.41, 5.74) is 1.93. The molecule has 0 amide bonds. The maximum atomic E-state index is 9.87. The monoisotopic (exact) mass is 286 g/mol. The Morgan fingerprint density at radius 1 is 1.21 bits per heavy atom. The van der Waals surface area contributed by atoms with Crippen LogP contribution >= 0.6 is 11.6 Å². The van der Waals surface area contributed by atoms with Gasteiger partial charge in [-0.2, -0.15) is 0 Å².